The van der Waals surface area contributed by atoms with Crippen LogP contribution in [0.15, 0.2) is 78.9 Å². The maximum atomic E-state index is 12.6. The van der Waals surface area contributed by atoms with Crippen molar-refractivity contribution in [3.63, 3.8) is 0 Å². The van der Waals surface area contributed by atoms with E-state index < -0.39 is 0 Å². The van der Waals surface area contributed by atoms with Crippen LogP contribution in [0.3, 0.4) is 0 Å². The van der Waals surface area contributed by atoms with Crippen LogP contribution in [0.4, 0.5) is 5.82 Å². The van der Waals surface area contributed by atoms with Gasteiger partial charge in [0, 0.05) is 38.0 Å². The first kappa shape index (κ1) is 20.3. The number of rotatable bonds is 6. The summed E-state index contributed by atoms with van der Waals surface area (Å²) in [5.74, 6) is 2.05. The molecule has 0 atom stereocenters. The summed E-state index contributed by atoms with van der Waals surface area (Å²) in [7, 11) is 0. The Hall–Kier alpha value is -3.60. The molecule has 1 aliphatic heterocycles. The molecular weight excluding hydrogens is 398 g/mol. The smallest absolute Gasteiger partial charge is 0.222 e. The van der Waals surface area contributed by atoms with Crippen LogP contribution >= 0.6 is 0 Å². The molecule has 4 aromatic rings. The molecule has 2 heterocycles. The largest absolute Gasteiger partial charge is 0.494 e. The fraction of sp³-hybridized carbons (Fsp3) is 0.259. The predicted molar refractivity (Wildman–Crippen MR) is 129 cm³/mol. The molecule has 0 N–H and O–H groups in total. The van der Waals surface area contributed by atoms with E-state index in [1.807, 2.05) is 41.3 Å². The summed E-state index contributed by atoms with van der Waals surface area (Å²) in [6, 6.07) is 26.7. The Balaban J connectivity index is 1.08. The van der Waals surface area contributed by atoms with Crippen LogP contribution in [0, 0.1) is 0 Å². The SMILES string of the molecule is O=C(CCCOc1ccc2ccccc2c1)N1CCN(c2ccc3ccccc3n2)CC1. The molecule has 0 spiro atoms. The first-order chi connectivity index (χ1) is 15.8. The Morgan fingerprint density at radius 1 is 0.812 bits per heavy atom. The number of ether oxygens (including phenoxy) is 1. The zero-order valence-corrected chi connectivity index (χ0v) is 18.1. The first-order valence-corrected chi connectivity index (χ1v) is 11.3. The number of para-hydroxylation sites is 1. The van der Waals surface area contributed by atoms with Crippen LogP contribution in [0.5, 0.6) is 5.75 Å². The Kier molecular flexibility index (Phi) is 5.88. The van der Waals surface area contributed by atoms with Gasteiger partial charge in [-0.1, -0.05) is 48.5 Å². The number of fused-ring (bicyclic) bond motifs is 2. The molecule has 1 fully saturated rings. The van der Waals surface area contributed by atoms with Gasteiger partial charge in [-0.05, 0) is 47.5 Å². The third kappa shape index (κ3) is 4.52. The number of hydrogen-bond donors (Lipinski definition) is 0. The molecule has 1 aliphatic rings. The summed E-state index contributed by atoms with van der Waals surface area (Å²) < 4.78 is 5.87. The van der Waals surface area contributed by atoms with E-state index in [-0.39, 0.29) is 5.91 Å². The van der Waals surface area contributed by atoms with Crippen LogP contribution in [0.25, 0.3) is 21.7 Å². The standard InChI is InChI=1S/C27H27N3O2/c31-27(10-5-19-32-24-13-11-21-6-1-2-8-23(21)20-24)30-17-15-29(16-18-30)26-14-12-22-7-3-4-9-25(22)28-26/h1-4,6-9,11-14,20H,5,10,15-19H2. The van der Waals surface area contributed by atoms with Crippen LogP contribution in [0.1, 0.15) is 12.8 Å². The number of benzene rings is 3. The minimum atomic E-state index is 0.207. The van der Waals surface area contributed by atoms with E-state index in [1.165, 1.54) is 10.8 Å². The molecule has 1 amide bonds. The van der Waals surface area contributed by atoms with E-state index in [0.29, 0.717) is 13.0 Å². The average molecular weight is 426 g/mol. The lowest BCUT2D eigenvalue weighted by atomic mass is 10.1. The molecule has 0 saturated carbocycles. The lowest BCUT2D eigenvalue weighted by molar-refractivity contribution is -0.131. The Bertz CT molecular complexity index is 1230. The number of aromatic nitrogens is 1. The summed E-state index contributed by atoms with van der Waals surface area (Å²) in [5.41, 5.74) is 1.01. The quantitative estimate of drug-likeness (QED) is 0.413. The van der Waals surface area contributed by atoms with Gasteiger partial charge < -0.3 is 14.5 Å². The average Bonchev–Trinajstić information content (AvgIpc) is 2.86. The van der Waals surface area contributed by atoms with E-state index in [9.17, 15) is 4.79 Å². The molecular formula is C27H27N3O2. The van der Waals surface area contributed by atoms with Gasteiger partial charge in [-0.2, -0.15) is 0 Å². The maximum absolute atomic E-state index is 12.6. The molecule has 0 bridgehead atoms. The van der Waals surface area contributed by atoms with Gasteiger partial charge in [0.1, 0.15) is 11.6 Å². The van der Waals surface area contributed by atoms with E-state index in [0.717, 1.165) is 55.1 Å². The van der Waals surface area contributed by atoms with E-state index >= 15 is 0 Å². The maximum Gasteiger partial charge on any atom is 0.222 e. The highest BCUT2D eigenvalue weighted by atomic mass is 16.5. The lowest BCUT2D eigenvalue weighted by Crippen LogP contribution is -2.49. The van der Waals surface area contributed by atoms with Gasteiger partial charge in [0.15, 0.2) is 0 Å². The molecule has 5 heteroatoms. The minimum Gasteiger partial charge on any atom is -0.494 e. The number of anilines is 1. The monoisotopic (exact) mass is 425 g/mol. The Morgan fingerprint density at radius 3 is 2.38 bits per heavy atom. The molecule has 1 aromatic heterocycles. The molecule has 0 aliphatic carbocycles. The zero-order valence-electron chi connectivity index (χ0n) is 18.1. The van der Waals surface area contributed by atoms with Gasteiger partial charge >= 0.3 is 0 Å². The van der Waals surface area contributed by atoms with Crippen molar-refractivity contribution in [3.05, 3.63) is 78.9 Å². The number of carbonyl (C=O) groups is 1. The van der Waals surface area contributed by atoms with Gasteiger partial charge in [0.2, 0.25) is 5.91 Å². The molecule has 3 aromatic carbocycles. The molecule has 162 valence electrons. The molecule has 5 rings (SSSR count). The van der Waals surface area contributed by atoms with Crippen molar-refractivity contribution in [1.29, 1.82) is 0 Å². The van der Waals surface area contributed by atoms with Gasteiger partial charge in [0.25, 0.3) is 0 Å². The molecule has 1 saturated heterocycles. The third-order valence-electron chi connectivity index (χ3n) is 6.06. The summed E-state index contributed by atoms with van der Waals surface area (Å²) >= 11 is 0. The summed E-state index contributed by atoms with van der Waals surface area (Å²) in [5, 5.41) is 3.52. The fourth-order valence-electron chi connectivity index (χ4n) is 4.25. The molecule has 5 nitrogen and oxygen atoms in total. The normalized spacial score (nSPS) is 14.1. The highest BCUT2D eigenvalue weighted by molar-refractivity contribution is 5.83. The van der Waals surface area contributed by atoms with Crippen molar-refractivity contribution in [3.8, 4) is 5.75 Å². The first-order valence-electron chi connectivity index (χ1n) is 11.3. The van der Waals surface area contributed by atoms with Crippen molar-refractivity contribution < 1.29 is 9.53 Å². The van der Waals surface area contributed by atoms with Crippen LogP contribution in [-0.2, 0) is 4.79 Å². The predicted octanol–water partition coefficient (Wildman–Crippen LogP) is 4.90. The second-order valence-corrected chi connectivity index (χ2v) is 8.19. The second-order valence-electron chi connectivity index (χ2n) is 8.19. The molecule has 0 radical (unpaired) electrons. The third-order valence-corrected chi connectivity index (χ3v) is 6.06. The minimum absolute atomic E-state index is 0.207. The highest BCUT2D eigenvalue weighted by Crippen LogP contribution is 2.21. The van der Waals surface area contributed by atoms with Crippen molar-refractivity contribution in [2.24, 2.45) is 0 Å². The van der Waals surface area contributed by atoms with Gasteiger partial charge in [0.05, 0.1) is 12.1 Å². The fourth-order valence-corrected chi connectivity index (χ4v) is 4.25. The summed E-state index contributed by atoms with van der Waals surface area (Å²) in [6.45, 7) is 3.64. The second kappa shape index (κ2) is 9.27. The van der Waals surface area contributed by atoms with Gasteiger partial charge in [-0.3, -0.25) is 4.79 Å². The number of nitrogens with zero attached hydrogens (tertiary/aromatic N) is 3. The number of carbonyl (C=O) groups excluding carboxylic acids is 1. The van der Waals surface area contributed by atoms with Gasteiger partial charge in [-0.15, -0.1) is 0 Å². The Labute approximate surface area is 188 Å². The molecule has 0 unspecified atom stereocenters. The summed E-state index contributed by atoms with van der Waals surface area (Å²) in [4.78, 5) is 21.7. The number of pyridine rings is 1. The summed E-state index contributed by atoms with van der Waals surface area (Å²) in [6.07, 6.45) is 1.24. The topological polar surface area (TPSA) is 45.7 Å². The lowest BCUT2D eigenvalue weighted by Gasteiger charge is -2.35. The molecule has 32 heavy (non-hydrogen) atoms. The van der Waals surface area contributed by atoms with Crippen molar-refractivity contribution in [1.82, 2.24) is 9.88 Å². The number of amides is 1. The van der Waals surface area contributed by atoms with Crippen LogP contribution in [-0.4, -0.2) is 48.6 Å². The van der Waals surface area contributed by atoms with Crippen molar-refractivity contribution in [2.45, 2.75) is 12.8 Å². The van der Waals surface area contributed by atoms with E-state index in [1.54, 1.807) is 0 Å². The number of piperazine rings is 1. The van der Waals surface area contributed by atoms with Crippen LogP contribution in [0.2, 0.25) is 0 Å². The van der Waals surface area contributed by atoms with Crippen molar-refractivity contribution >= 4 is 33.4 Å². The van der Waals surface area contributed by atoms with Crippen molar-refractivity contribution in [2.75, 3.05) is 37.7 Å². The zero-order chi connectivity index (χ0) is 21.8. The Morgan fingerprint density at radius 2 is 1.53 bits per heavy atom. The van der Waals surface area contributed by atoms with E-state index in [4.69, 9.17) is 9.72 Å². The van der Waals surface area contributed by atoms with Gasteiger partial charge in [-0.25, -0.2) is 4.98 Å². The van der Waals surface area contributed by atoms with Crippen LogP contribution < -0.4 is 9.64 Å². The van der Waals surface area contributed by atoms with E-state index in [2.05, 4.69) is 47.4 Å². The number of hydrogen-bond acceptors (Lipinski definition) is 4. The highest BCUT2D eigenvalue weighted by Gasteiger charge is 2.21.